The van der Waals surface area contributed by atoms with Gasteiger partial charge in [0.15, 0.2) is 10.5 Å². The summed E-state index contributed by atoms with van der Waals surface area (Å²) in [5, 5.41) is 1.43. The molecular weight excluding hydrogens is 763 g/mol. The Morgan fingerprint density at radius 3 is 2.38 bits per heavy atom. The second-order valence-corrected chi connectivity index (χ2v) is 13.0. The minimum absolute atomic E-state index is 0.00267. The third-order valence-electron chi connectivity index (χ3n) is 6.49. The van der Waals surface area contributed by atoms with E-state index in [0.29, 0.717) is 47.0 Å². The predicted molar refractivity (Wildman–Crippen MR) is 172 cm³/mol. The van der Waals surface area contributed by atoms with Crippen LogP contribution < -0.4 is 19.6 Å². The van der Waals surface area contributed by atoms with Crippen molar-refractivity contribution in [3.05, 3.63) is 127 Å². The molecule has 2 heterocycles. The number of hydrogen-bond acceptors (Lipinski definition) is 6. The number of carbonyl (C=O) groups is 1. The molecule has 1 atom stereocenters. The second kappa shape index (κ2) is 13.5. The Hall–Kier alpha value is -2.80. The van der Waals surface area contributed by atoms with Crippen LogP contribution in [0, 0.1) is 0 Å². The molecule has 5 rings (SSSR count). The van der Waals surface area contributed by atoms with Gasteiger partial charge in [0, 0.05) is 31.2 Å². The van der Waals surface area contributed by atoms with E-state index in [0.717, 1.165) is 4.57 Å². The summed E-state index contributed by atoms with van der Waals surface area (Å²) in [6.07, 6.45) is -3.61. The molecular formula is C30H18BrCl4F3N2O4S. The molecule has 1 aliphatic rings. The van der Waals surface area contributed by atoms with Crippen LogP contribution in [0.3, 0.4) is 0 Å². The van der Waals surface area contributed by atoms with E-state index in [9.17, 15) is 22.8 Å². The average molecular weight is 781 g/mol. The monoisotopic (exact) mass is 778 g/mol. The van der Waals surface area contributed by atoms with Crippen molar-refractivity contribution < 1.29 is 27.4 Å². The van der Waals surface area contributed by atoms with Crippen molar-refractivity contribution >= 4 is 85.7 Å². The van der Waals surface area contributed by atoms with Crippen LogP contribution >= 0.6 is 73.7 Å². The van der Waals surface area contributed by atoms with Gasteiger partial charge >= 0.3 is 12.1 Å². The van der Waals surface area contributed by atoms with Gasteiger partial charge in [-0.3, -0.25) is 9.36 Å². The standard InChI is InChI=1S/C30H18BrCl4F3N2O4S/c1-2-43-28(42)23-24(14-3-6-17(32)7-4-14)40-27(41)22(45-29(40)39-26(23)30(36,37)38)10-16-9-19(34)11-20(31)25(16)44-13-15-5-8-18(33)12-21(15)35/h3-12,24H,2,13H2,1H3/b22-10-/t24-/m0/s1. The maximum atomic E-state index is 14.4. The molecule has 234 valence electrons. The summed E-state index contributed by atoms with van der Waals surface area (Å²) in [6.45, 7) is 1.29. The Labute approximate surface area is 286 Å². The van der Waals surface area contributed by atoms with Gasteiger partial charge in [0.25, 0.3) is 5.56 Å². The Balaban J connectivity index is 1.71. The van der Waals surface area contributed by atoms with E-state index in [1.54, 1.807) is 24.3 Å². The molecule has 0 saturated carbocycles. The number of esters is 1. The van der Waals surface area contributed by atoms with Crippen molar-refractivity contribution in [2.45, 2.75) is 25.7 Å². The van der Waals surface area contributed by atoms with Crippen molar-refractivity contribution in [3.8, 4) is 5.75 Å². The van der Waals surface area contributed by atoms with Crippen LogP contribution in [0.1, 0.15) is 29.7 Å². The molecule has 45 heavy (non-hydrogen) atoms. The summed E-state index contributed by atoms with van der Waals surface area (Å²) in [4.78, 5) is 30.5. The summed E-state index contributed by atoms with van der Waals surface area (Å²) in [5.41, 5.74) is -1.82. The number of fused-ring (bicyclic) bond motifs is 1. The number of hydrogen-bond donors (Lipinski definition) is 0. The van der Waals surface area contributed by atoms with E-state index in [4.69, 9.17) is 55.9 Å². The van der Waals surface area contributed by atoms with Crippen LogP contribution in [0.4, 0.5) is 13.2 Å². The van der Waals surface area contributed by atoms with Gasteiger partial charge in [-0.05, 0) is 70.9 Å². The Morgan fingerprint density at radius 1 is 1.04 bits per heavy atom. The summed E-state index contributed by atoms with van der Waals surface area (Å²) in [5.74, 6) is -0.966. The lowest BCUT2D eigenvalue weighted by Gasteiger charge is -2.26. The Morgan fingerprint density at radius 2 is 1.73 bits per heavy atom. The number of rotatable bonds is 7. The zero-order chi connectivity index (χ0) is 32.6. The molecule has 15 heteroatoms. The van der Waals surface area contributed by atoms with E-state index in [1.807, 2.05) is 0 Å². The second-order valence-electron chi connectivity index (χ2n) is 9.45. The summed E-state index contributed by atoms with van der Waals surface area (Å²) >= 11 is 28.8. The zero-order valence-electron chi connectivity index (χ0n) is 22.7. The lowest BCUT2D eigenvalue weighted by atomic mass is 9.95. The van der Waals surface area contributed by atoms with Crippen LogP contribution in [0.2, 0.25) is 20.1 Å². The molecule has 6 nitrogen and oxygen atoms in total. The first-order chi connectivity index (χ1) is 21.3. The highest BCUT2D eigenvalue weighted by Crippen LogP contribution is 2.39. The fraction of sp³-hybridized carbons (Fsp3) is 0.167. The third kappa shape index (κ3) is 7.13. The number of nitrogens with zero attached hydrogens (tertiary/aromatic N) is 2. The smallest absolute Gasteiger partial charge is 0.434 e. The van der Waals surface area contributed by atoms with Crippen molar-refractivity contribution in [2.75, 3.05) is 6.61 Å². The van der Waals surface area contributed by atoms with Gasteiger partial charge in [-0.15, -0.1) is 0 Å². The molecule has 1 aromatic heterocycles. The average Bonchev–Trinajstić information content (AvgIpc) is 3.27. The van der Waals surface area contributed by atoms with E-state index in [2.05, 4.69) is 20.9 Å². The van der Waals surface area contributed by atoms with Crippen molar-refractivity contribution in [3.63, 3.8) is 0 Å². The van der Waals surface area contributed by atoms with Gasteiger partial charge in [-0.2, -0.15) is 13.2 Å². The first-order valence-corrected chi connectivity index (χ1v) is 16.0. The molecule has 4 aromatic rings. The highest BCUT2D eigenvalue weighted by molar-refractivity contribution is 9.10. The maximum Gasteiger partial charge on any atom is 0.434 e. The maximum absolute atomic E-state index is 14.4. The van der Waals surface area contributed by atoms with Gasteiger partial charge in [0.1, 0.15) is 12.4 Å². The highest BCUT2D eigenvalue weighted by atomic mass is 79.9. The third-order valence-corrected chi connectivity index (χ3v) is 9.12. The molecule has 0 bridgehead atoms. The molecule has 0 amide bonds. The first-order valence-electron chi connectivity index (χ1n) is 12.9. The fourth-order valence-corrected chi connectivity index (χ4v) is 7.10. The number of carbonyl (C=O) groups excluding carboxylic acids is 1. The summed E-state index contributed by atoms with van der Waals surface area (Å²) < 4.78 is 55.7. The molecule has 0 saturated heterocycles. The van der Waals surface area contributed by atoms with Crippen LogP contribution in [0.25, 0.3) is 6.08 Å². The molecule has 0 aliphatic carbocycles. The number of thiazole rings is 1. The van der Waals surface area contributed by atoms with Gasteiger partial charge in [-0.1, -0.05) is 75.9 Å². The fourth-order valence-electron chi connectivity index (χ4n) is 4.57. The molecule has 0 fully saturated rings. The largest absolute Gasteiger partial charge is 0.487 e. The van der Waals surface area contributed by atoms with Crippen LogP contribution in [0.5, 0.6) is 5.75 Å². The van der Waals surface area contributed by atoms with Gasteiger partial charge in [0.2, 0.25) is 0 Å². The van der Waals surface area contributed by atoms with Gasteiger partial charge < -0.3 is 9.47 Å². The lowest BCUT2D eigenvalue weighted by molar-refractivity contribution is -0.140. The van der Waals surface area contributed by atoms with Crippen molar-refractivity contribution in [1.29, 1.82) is 0 Å². The number of allylic oxidation sites excluding steroid dienone is 1. The molecule has 0 spiro atoms. The predicted octanol–water partition coefficient (Wildman–Crippen LogP) is 8.30. The van der Waals surface area contributed by atoms with Gasteiger partial charge in [-0.25, -0.2) is 9.79 Å². The van der Waals surface area contributed by atoms with Gasteiger partial charge in [0.05, 0.1) is 27.2 Å². The number of halogens is 8. The molecule has 0 radical (unpaired) electrons. The van der Waals surface area contributed by atoms with Crippen LogP contribution in [0.15, 0.2) is 80.1 Å². The minimum atomic E-state index is -5.04. The number of alkyl halides is 3. The van der Waals surface area contributed by atoms with E-state index in [-0.39, 0.29) is 33.9 Å². The number of aromatic nitrogens is 1. The zero-order valence-corrected chi connectivity index (χ0v) is 28.2. The van der Waals surface area contributed by atoms with E-state index >= 15 is 0 Å². The molecule has 0 unspecified atom stereocenters. The summed E-state index contributed by atoms with van der Waals surface area (Å²) in [7, 11) is 0. The normalized spacial score (nSPS) is 15.1. The minimum Gasteiger partial charge on any atom is -0.487 e. The highest BCUT2D eigenvalue weighted by Gasteiger charge is 2.45. The van der Waals surface area contributed by atoms with E-state index < -0.39 is 35.0 Å². The van der Waals surface area contributed by atoms with Crippen molar-refractivity contribution in [2.24, 2.45) is 4.99 Å². The van der Waals surface area contributed by atoms with E-state index in [1.165, 1.54) is 43.3 Å². The molecule has 0 N–H and O–H groups in total. The summed E-state index contributed by atoms with van der Waals surface area (Å²) in [6, 6.07) is 12.3. The quantitative estimate of drug-likeness (QED) is 0.177. The number of benzene rings is 3. The molecule has 3 aromatic carbocycles. The lowest BCUT2D eigenvalue weighted by Crippen LogP contribution is -2.41. The van der Waals surface area contributed by atoms with Crippen molar-refractivity contribution in [1.82, 2.24) is 4.57 Å². The topological polar surface area (TPSA) is 69.9 Å². The Kier molecular flexibility index (Phi) is 10.1. The SMILES string of the molecule is CCOC(=O)C1=C(C(F)(F)F)N=c2s/c(=C\c3cc(Cl)cc(Br)c3OCc3ccc(Cl)cc3Cl)c(=O)n2[C@H]1c1ccc(Cl)cc1. The Bertz CT molecular complexity index is 2030. The van der Waals surface area contributed by atoms with Crippen LogP contribution in [-0.2, 0) is 16.1 Å². The number of ether oxygens (including phenoxy) is 2. The first kappa shape index (κ1) is 33.6. The van der Waals surface area contributed by atoms with Crippen LogP contribution in [-0.4, -0.2) is 23.3 Å². The molecule has 1 aliphatic heterocycles.